The Hall–Kier alpha value is -3.51. The highest BCUT2D eigenvalue weighted by molar-refractivity contribution is 5.64. The zero-order valence-electron chi connectivity index (χ0n) is 28.0. The molecule has 46 heavy (non-hydrogen) atoms. The van der Waals surface area contributed by atoms with Gasteiger partial charge in [-0.25, -0.2) is 14.4 Å². The lowest BCUT2D eigenvalue weighted by Crippen LogP contribution is -2.47. The van der Waals surface area contributed by atoms with Gasteiger partial charge in [-0.05, 0) is 94.0 Å². The first-order valence-corrected chi connectivity index (χ1v) is 17.5. The number of fused-ring (bicyclic) bond motifs is 4. The normalized spacial score (nSPS) is 28.8. The second-order valence-corrected chi connectivity index (χ2v) is 15.0. The van der Waals surface area contributed by atoms with Crippen LogP contribution in [0.3, 0.4) is 0 Å². The van der Waals surface area contributed by atoms with E-state index in [1.54, 1.807) is 0 Å². The van der Waals surface area contributed by atoms with E-state index in [9.17, 15) is 9.65 Å². The van der Waals surface area contributed by atoms with Gasteiger partial charge in [0, 0.05) is 67.4 Å². The number of nitrogens with zero attached hydrogens (tertiary/aromatic N) is 7. The van der Waals surface area contributed by atoms with Gasteiger partial charge < -0.3 is 10.6 Å². The molecular formula is C37H49FN8. The summed E-state index contributed by atoms with van der Waals surface area (Å²) in [5, 5.41) is 14.8. The number of benzene rings is 1. The second kappa shape index (κ2) is 11.9. The van der Waals surface area contributed by atoms with Crippen molar-refractivity contribution in [3.05, 3.63) is 63.9 Å². The smallest absolute Gasteiger partial charge is 0.135 e. The number of nitrogen functional groups attached to an aromatic ring is 1. The Morgan fingerprint density at radius 2 is 1.93 bits per heavy atom. The lowest BCUT2D eigenvalue weighted by atomic mass is 9.64. The van der Waals surface area contributed by atoms with Gasteiger partial charge in [0.1, 0.15) is 23.9 Å². The molecule has 2 N–H and O–H groups in total. The van der Waals surface area contributed by atoms with Gasteiger partial charge in [-0.3, -0.25) is 9.58 Å². The van der Waals surface area contributed by atoms with E-state index in [0.29, 0.717) is 29.6 Å². The average Bonchev–Trinajstić information content (AvgIpc) is 3.65. The predicted octanol–water partition coefficient (Wildman–Crippen LogP) is 6.13. The third-order valence-electron chi connectivity index (χ3n) is 11.8. The molecule has 3 aromatic rings. The minimum atomic E-state index is -0.551. The molecule has 0 amide bonds. The highest BCUT2D eigenvalue weighted by Crippen LogP contribution is 2.51. The molecule has 4 atom stereocenters. The fourth-order valence-electron chi connectivity index (χ4n) is 9.25. The van der Waals surface area contributed by atoms with E-state index in [1.165, 1.54) is 35.2 Å². The number of aromatic nitrogens is 4. The van der Waals surface area contributed by atoms with E-state index < -0.39 is 6.17 Å². The third kappa shape index (κ3) is 5.36. The molecule has 2 aromatic heterocycles. The van der Waals surface area contributed by atoms with Crippen molar-refractivity contribution >= 4 is 11.5 Å². The number of rotatable bonds is 3. The first-order valence-electron chi connectivity index (χ1n) is 17.5. The van der Waals surface area contributed by atoms with Crippen LogP contribution >= 0.6 is 0 Å². The molecule has 1 aromatic carbocycles. The van der Waals surface area contributed by atoms with Crippen LogP contribution < -0.4 is 10.6 Å². The molecule has 0 saturated carbocycles. The van der Waals surface area contributed by atoms with Crippen molar-refractivity contribution < 1.29 is 4.39 Å². The molecule has 5 aliphatic rings. The minimum absolute atomic E-state index is 0.0877. The second-order valence-electron chi connectivity index (χ2n) is 15.0. The number of alkyl halides is 1. The Morgan fingerprint density at radius 1 is 1.11 bits per heavy atom. The summed E-state index contributed by atoms with van der Waals surface area (Å²) in [6.45, 7) is 10.3. The van der Waals surface area contributed by atoms with E-state index in [0.717, 1.165) is 88.3 Å². The largest absolute Gasteiger partial charge is 0.398 e. The molecule has 3 fully saturated rings. The van der Waals surface area contributed by atoms with Crippen LogP contribution in [0, 0.1) is 11.3 Å². The Kier molecular flexibility index (Phi) is 8.07. The third-order valence-corrected chi connectivity index (χ3v) is 11.8. The van der Waals surface area contributed by atoms with Crippen LogP contribution in [0.4, 0.5) is 15.9 Å². The summed E-state index contributed by atoms with van der Waals surface area (Å²) >= 11 is 0. The average molecular weight is 625 g/mol. The quantitative estimate of drug-likeness (QED) is 0.350. The van der Waals surface area contributed by atoms with E-state index in [2.05, 4.69) is 53.9 Å². The van der Waals surface area contributed by atoms with Crippen LogP contribution in [0.5, 0.6) is 0 Å². The van der Waals surface area contributed by atoms with Crippen LogP contribution in [-0.4, -0.2) is 62.5 Å². The zero-order chi connectivity index (χ0) is 32.2. The van der Waals surface area contributed by atoms with Crippen LogP contribution in [0.2, 0.25) is 0 Å². The molecule has 5 heterocycles. The van der Waals surface area contributed by atoms with Crippen molar-refractivity contribution in [1.29, 1.82) is 5.26 Å². The first-order chi connectivity index (χ1) is 22.1. The summed E-state index contributed by atoms with van der Waals surface area (Å²) in [5.41, 5.74) is 14.0. The van der Waals surface area contributed by atoms with Crippen LogP contribution in [0.25, 0.3) is 0 Å². The molecule has 244 valence electrons. The van der Waals surface area contributed by atoms with Crippen molar-refractivity contribution in [3.63, 3.8) is 0 Å². The number of nitriles is 1. The number of aryl methyl sites for hydroxylation is 2. The zero-order valence-corrected chi connectivity index (χ0v) is 28.0. The Labute approximate surface area is 273 Å². The fourth-order valence-corrected chi connectivity index (χ4v) is 9.25. The maximum Gasteiger partial charge on any atom is 0.135 e. The van der Waals surface area contributed by atoms with E-state index in [1.807, 2.05) is 24.0 Å². The maximum absolute atomic E-state index is 12.8. The number of hydrogen-bond acceptors (Lipinski definition) is 7. The first kappa shape index (κ1) is 31.1. The summed E-state index contributed by atoms with van der Waals surface area (Å²) in [5.74, 6) is 2.92. The van der Waals surface area contributed by atoms with Crippen molar-refractivity contribution in [1.82, 2.24) is 24.6 Å². The molecule has 0 bridgehead atoms. The standard InChI is InChI=1S/C29H35N7.C8H14FN/c1-4-26-32-25-14-29(11-5-6-18(2)20-7-8-23(31)22(15-30)27(20)29)12-9-21(25)28(33-26)36-16-19(17-36)24-10-13-35(3)34-24;1-8-3-2-4-10(8)6-7(9)5-8/h7-8,10,13,18-19H,4-6,9,11-12,14,16-17,31H2,1-3H3;7H,2-6H2,1H3/t18?,29-;/m0./s1. The van der Waals surface area contributed by atoms with Gasteiger partial charge >= 0.3 is 0 Å². The summed E-state index contributed by atoms with van der Waals surface area (Å²) in [7, 11) is 1.97. The van der Waals surface area contributed by atoms with Crippen LogP contribution in [0.15, 0.2) is 24.4 Å². The molecule has 2 aliphatic carbocycles. The van der Waals surface area contributed by atoms with Gasteiger partial charge in [0.15, 0.2) is 0 Å². The number of halogens is 1. The highest BCUT2D eigenvalue weighted by atomic mass is 19.1. The lowest BCUT2D eigenvalue weighted by molar-refractivity contribution is 0.217. The lowest BCUT2D eigenvalue weighted by Gasteiger charge is -2.44. The number of anilines is 2. The predicted molar refractivity (Wildman–Crippen MR) is 180 cm³/mol. The summed E-state index contributed by atoms with van der Waals surface area (Å²) in [6.07, 6.45) is 11.7. The monoisotopic (exact) mass is 624 g/mol. The Balaban J connectivity index is 0.000000286. The molecule has 1 spiro atoms. The van der Waals surface area contributed by atoms with E-state index in [4.69, 9.17) is 15.7 Å². The van der Waals surface area contributed by atoms with Gasteiger partial charge in [-0.15, -0.1) is 0 Å². The topological polar surface area (TPSA) is 99.9 Å². The van der Waals surface area contributed by atoms with Crippen molar-refractivity contribution in [3.8, 4) is 6.07 Å². The number of hydrogen-bond donors (Lipinski definition) is 1. The Bertz CT molecular complexity index is 1650. The molecule has 8 rings (SSSR count). The molecule has 0 radical (unpaired) electrons. The van der Waals surface area contributed by atoms with Gasteiger partial charge in [-0.2, -0.15) is 10.4 Å². The van der Waals surface area contributed by atoms with Crippen LogP contribution in [0.1, 0.15) is 117 Å². The van der Waals surface area contributed by atoms with E-state index in [-0.39, 0.29) is 11.0 Å². The molecule has 3 aliphatic heterocycles. The van der Waals surface area contributed by atoms with Crippen LogP contribution in [-0.2, 0) is 31.7 Å². The van der Waals surface area contributed by atoms with Crippen molar-refractivity contribution in [2.75, 3.05) is 36.8 Å². The molecule has 8 nitrogen and oxygen atoms in total. The van der Waals surface area contributed by atoms with Gasteiger partial charge in [-0.1, -0.05) is 26.3 Å². The van der Waals surface area contributed by atoms with Gasteiger partial charge in [0.25, 0.3) is 0 Å². The summed E-state index contributed by atoms with van der Waals surface area (Å²) < 4.78 is 14.7. The van der Waals surface area contributed by atoms with E-state index >= 15 is 0 Å². The SMILES string of the molecule is CC12CCCN1CC(F)C2.CCc1nc2c(c(N3CC(c4ccn(C)n4)C3)n1)CC[C@@]1(CCCC(C)c3ccc(N)c(C#N)c31)C2. The van der Waals surface area contributed by atoms with Gasteiger partial charge in [0.05, 0.1) is 17.0 Å². The summed E-state index contributed by atoms with van der Waals surface area (Å²) in [4.78, 5) is 14.8. The molecule has 3 saturated heterocycles. The minimum Gasteiger partial charge on any atom is -0.398 e. The van der Waals surface area contributed by atoms with Gasteiger partial charge in [0.2, 0.25) is 0 Å². The fraction of sp³-hybridized carbons (Fsp3) is 0.622. The highest BCUT2D eigenvalue weighted by Gasteiger charge is 2.46. The maximum atomic E-state index is 12.8. The molecular weight excluding hydrogens is 575 g/mol. The number of nitrogens with two attached hydrogens (primary N) is 1. The van der Waals surface area contributed by atoms with Crippen molar-refractivity contribution in [2.24, 2.45) is 7.05 Å². The Morgan fingerprint density at radius 3 is 2.65 bits per heavy atom. The summed E-state index contributed by atoms with van der Waals surface area (Å²) in [6, 6.07) is 8.72. The molecule has 9 heteroatoms. The molecule has 3 unspecified atom stereocenters. The van der Waals surface area contributed by atoms with Crippen molar-refractivity contribution in [2.45, 2.75) is 114 Å².